The lowest BCUT2D eigenvalue weighted by atomic mass is 10.3. The van der Waals surface area contributed by atoms with Crippen molar-refractivity contribution in [3.63, 3.8) is 0 Å². The second-order valence-electron chi connectivity index (χ2n) is 2.55. The van der Waals surface area contributed by atoms with Crippen LogP contribution in [0.4, 0.5) is 5.69 Å². The Morgan fingerprint density at radius 1 is 1.46 bits per heavy atom. The summed E-state index contributed by atoms with van der Waals surface area (Å²) in [6.45, 7) is 3.47. The van der Waals surface area contributed by atoms with Gasteiger partial charge in [-0.25, -0.2) is 0 Å². The molecule has 2 nitrogen and oxygen atoms in total. The van der Waals surface area contributed by atoms with Crippen molar-refractivity contribution >= 4 is 23.2 Å². The van der Waals surface area contributed by atoms with Gasteiger partial charge in [-0.05, 0) is 24.3 Å². The molecule has 13 heavy (non-hydrogen) atoms. The molecule has 0 atom stereocenters. The first-order chi connectivity index (χ1) is 6.22. The smallest absolute Gasteiger partial charge is 0.228 e. The number of carbonyl (C=O) groups is 1. The molecular formula is C10H10ClNO. The van der Waals surface area contributed by atoms with E-state index in [4.69, 9.17) is 11.6 Å². The normalized spacial score (nSPS) is 9.31. The van der Waals surface area contributed by atoms with E-state index in [-0.39, 0.29) is 5.91 Å². The molecule has 0 saturated carbocycles. The first-order valence-corrected chi connectivity index (χ1v) is 4.26. The quantitative estimate of drug-likeness (QED) is 0.739. The monoisotopic (exact) mass is 195 g/mol. The molecule has 0 aliphatic heterocycles. The van der Waals surface area contributed by atoms with E-state index in [1.165, 1.54) is 0 Å². The Hall–Kier alpha value is -1.28. The molecule has 0 unspecified atom stereocenters. The van der Waals surface area contributed by atoms with Gasteiger partial charge < -0.3 is 5.32 Å². The van der Waals surface area contributed by atoms with Gasteiger partial charge in [0, 0.05) is 17.1 Å². The highest BCUT2D eigenvalue weighted by Gasteiger charge is 1.98. The Balaban J connectivity index is 2.59. The number of halogens is 1. The summed E-state index contributed by atoms with van der Waals surface area (Å²) in [6, 6.07) is 6.96. The van der Waals surface area contributed by atoms with Crippen LogP contribution in [-0.2, 0) is 4.79 Å². The maximum Gasteiger partial charge on any atom is 0.228 e. The Kier molecular flexibility index (Phi) is 3.53. The lowest BCUT2D eigenvalue weighted by Gasteiger charge is -2.02. The van der Waals surface area contributed by atoms with Crippen molar-refractivity contribution in [3.8, 4) is 0 Å². The maximum absolute atomic E-state index is 11.1. The number of anilines is 1. The van der Waals surface area contributed by atoms with Gasteiger partial charge in [-0.1, -0.05) is 17.7 Å². The molecule has 0 fully saturated rings. The number of hydrogen-bond acceptors (Lipinski definition) is 1. The molecule has 0 spiro atoms. The first-order valence-electron chi connectivity index (χ1n) is 3.88. The second kappa shape index (κ2) is 4.67. The van der Waals surface area contributed by atoms with E-state index in [2.05, 4.69) is 11.9 Å². The van der Waals surface area contributed by atoms with Crippen LogP contribution in [0.1, 0.15) is 6.42 Å². The SMILES string of the molecule is C=CCC(=O)Nc1ccc(Cl)cc1. The summed E-state index contributed by atoms with van der Waals surface area (Å²) < 4.78 is 0. The van der Waals surface area contributed by atoms with Gasteiger partial charge in [0.25, 0.3) is 0 Å². The summed E-state index contributed by atoms with van der Waals surface area (Å²) >= 11 is 5.68. The second-order valence-corrected chi connectivity index (χ2v) is 2.98. The molecule has 1 N–H and O–H groups in total. The van der Waals surface area contributed by atoms with Crippen molar-refractivity contribution in [2.45, 2.75) is 6.42 Å². The minimum Gasteiger partial charge on any atom is -0.326 e. The minimum atomic E-state index is -0.0719. The van der Waals surface area contributed by atoms with Crippen LogP contribution < -0.4 is 5.32 Å². The molecule has 68 valence electrons. The molecule has 0 saturated heterocycles. The summed E-state index contributed by atoms with van der Waals surface area (Å²) in [5, 5.41) is 3.36. The van der Waals surface area contributed by atoms with Crippen molar-refractivity contribution < 1.29 is 4.79 Å². The zero-order chi connectivity index (χ0) is 9.68. The van der Waals surface area contributed by atoms with Crippen LogP contribution in [0.5, 0.6) is 0 Å². The van der Waals surface area contributed by atoms with Crippen molar-refractivity contribution in [1.82, 2.24) is 0 Å². The fourth-order valence-corrected chi connectivity index (χ4v) is 1.00. The Morgan fingerprint density at radius 3 is 2.62 bits per heavy atom. The van der Waals surface area contributed by atoms with Crippen LogP contribution in [0, 0.1) is 0 Å². The summed E-state index contributed by atoms with van der Waals surface area (Å²) in [6.07, 6.45) is 1.88. The van der Waals surface area contributed by atoms with E-state index in [0.717, 1.165) is 5.69 Å². The maximum atomic E-state index is 11.1. The van der Waals surface area contributed by atoms with E-state index < -0.39 is 0 Å². The third-order valence-electron chi connectivity index (χ3n) is 1.46. The van der Waals surface area contributed by atoms with Crippen molar-refractivity contribution in [1.29, 1.82) is 0 Å². The Morgan fingerprint density at radius 2 is 2.08 bits per heavy atom. The van der Waals surface area contributed by atoms with Crippen LogP contribution in [0.15, 0.2) is 36.9 Å². The van der Waals surface area contributed by atoms with Gasteiger partial charge >= 0.3 is 0 Å². The zero-order valence-corrected chi connectivity index (χ0v) is 7.84. The Bertz CT molecular complexity index is 305. The molecule has 0 aliphatic carbocycles. The van der Waals surface area contributed by atoms with Crippen molar-refractivity contribution in [3.05, 3.63) is 41.9 Å². The van der Waals surface area contributed by atoms with E-state index in [1.807, 2.05) is 0 Å². The lowest BCUT2D eigenvalue weighted by Crippen LogP contribution is -2.09. The predicted molar refractivity (Wildman–Crippen MR) is 54.9 cm³/mol. The minimum absolute atomic E-state index is 0.0719. The van der Waals surface area contributed by atoms with Gasteiger partial charge in [0.15, 0.2) is 0 Å². The molecule has 0 aromatic heterocycles. The van der Waals surface area contributed by atoms with Crippen LogP contribution in [-0.4, -0.2) is 5.91 Å². The molecule has 1 aromatic rings. The molecule has 0 aliphatic rings. The molecule has 1 amide bonds. The zero-order valence-electron chi connectivity index (χ0n) is 7.09. The fourth-order valence-electron chi connectivity index (χ4n) is 0.876. The topological polar surface area (TPSA) is 29.1 Å². The fraction of sp³-hybridized carbons (Fsp3) is 0.100. The summed E-state index contributed by atoms with van der Waals surface area (Å²) in [4.78, 5) is 11.1. The van der Waals surface area contributed by atoms with Crippen LogP contribution in [0.3, 0.4) is 0 Å². The van der Waals surface area contributed by atoms with E-state index >= 15 is 0 Å². The average Bonchev–Trinajstić information content (AvgIpc) is 2.09. The van der Waals surface area contributed by atoms with Gasteiger partial charge in [0.2, 0.25) is 5.91 Å². The van der Waals surface area contributed by atoms with Gasteiger partial charge in [-0.3, -0.25) is 4.79 Å². The van der Waals surface area contributed by atoms with E-state index in [1.54, 1.807) is 30.3 Å². The summed E-state index contributed by atoms with van der Waals surface area (Å²) in [5.41, 5.74) is 0.747. The highest BCUT2D eigenvalue weighted by Crippen LogP contribution is 2.13. The standard InChI is InChI=1S/C10H10ClNO/c1-2-3-10(13)12-9-6-4-8(11)5-7-9/h2,4-7H,1,3H2,(H,12,13). The molecule has 0 radical (unpaired) electrons. The molecule has 3 heteroatoms. The molecule has 0 heterocycles. The highest BCUT2D eigenvalue weighted by molar-refractivity contribution is 6.30. The lowest BCUT2D eigenvalue weighted by molar-refractivity contribution is -0.115. The number of carbonyl (C=O) groups excluding carboxylic acids is 1. The van der Waals surface area contributed by atoms with Crippen molar-refractivity contribution in [2.24, 2.45) is 0 Å². The third kappa shape index (κ3) is 3.30. The van der Waals surface area contributed by atoms with Gasteiger partial charge in [-0.15, -0.1) is 6.58 Å². The van der Waals surface area contributed by atoms with Crippen LogP contribution in [0.2, 0.25) is 5.02 Å². The third-order valence-corrected chi connectivity index (χ3v) is 1.71. The average molecular weight is 196 g/mol. The van der Waals surface area contributed by atoms with Gasteiger partial charge in [0.1, 0.15) is 0 Å². The van der Waals surface area contributed by atoms with Crippen molar-refractivity contribution in [2.75, 3.05) is 5.32 Å². The van der Waals surface area contributed by atoms with Crippen LogP contribution in [0.25, 0.3) is 0 Å². The highest BCUT2D eigenvalue weighted by atomic mass is 35.5. The number of hydrogen-bond donors (Lipinski definition) is 1. The number of nitrogens with one attached hydrogen (secondary N) is 1. The molecule has 1 aromatic carbocycles. The number of benzene rings is 1. The molecule has 0 bridgehead atoms. The first kappa shape index (κ1) is 9.81. The number of rotatable bonds is 3. The van der Waals surface area contributed by atoms with E-state index in [9.17, 15) is 4.79 Å². The molecule has 1 rings (SSSR count). The Labute approximate surface area is 82.2 Å². The number of amides is 1. The predicted octanol–water partition coefficient (Wildman–Crippen LogP) is 2.85. The summed E-state index contributed by atoms with van der Waals surface area (Å²) in [5.74, 6) is -0.0719. The van der Waals surface area contributed by atoms with Crippen LogP contribution >= 0.6 is 11.6 Å². The largest absolute Gasteiger partial charge is 0.326 e. The molecular weight excluding hydrogens is 186 g/mol. The van der Waals surface area contributed by atoms with E-state index in [0.29, 0.717) is 11.4 Å². The van der Waals surface area contributed by atoms with Gasteiger partial charge in [-0.2, -0.15) is 0 Å². The van der Waals surface area contributed by atoms with Gasteiger partial charge in [0.05, 0.1) is 0 Å². The summed E-state index contributed by atoms with van der Waals surface area (Å²) in [7, 11) is 0.